The zero-order chi connectivity index (χ0) is 10.5. The van der Waals surface area contributed by atoms with Gasteiger partial charge in [0.1, 0.15) is 0 Å². The number of hydrogen-bond acceptors (Lipinski definition) is 2. The van der Waals surface area contributed by atoms with Gasteiger partial charge in [-0.3, -0.25) is 4.90 Å². The van der Waals surface area contributed by atoms with E-state index in [4.69, 9.17) is 0 Å². The van der Waals surface area contributed by atoms with Crippen LogP contribution < -0.4 is 0 Å². The van der Waals surface area contributed by atoms with Gasteiger partial charge in [-0.25, -0.2) is 0 Å². The van der Waals surface area contributed by atoms with E-state index < -0.39 is 5.60 Å². The predicted molar refractivity (Wildman–Crippen MR) is 59.3 cm³/mol. The molecular weight excluding hydrogens is 186 g/mol. The summed E-state index contributed by atoms with van der Waals surface area (Å²) in [7, 11) is 0. The van der Waals surface area contributed by atoms with Gasteiger partial charge in [0.25, 0.3) is 0 Å². The van der Waals surface area contributed by atoms with Crippen LogP contribution in [0.15, 0.2) is 24.3 Å². The molecule has 1 aliphatic heterocycles. The lowest BCUT2D eigenvalue weighted by Crippen LogP contribution is -2.57. The highest BCUT2D eigenvalue weighted by Gasteiger charge is 2.45. The quantitative estimate of drug-likeness (QED) is 0.753. The summed E-state index contributed by atoms with van der Waals surface area (Å²) < 4.78 is 0. The summed E-state index contributed by atoms with van der Waals surface area (Å²) in [5.41, 5.74) is 2.41. The number of hydrogen-bond donors (Lipinski definition) is 1. The molecule has 1 aromatic carbocycles. The van der Waals surface area contributed by atoms with Gasteiger partial charge in [-0.05, 0) is 30.9 Å². The molecule has 80 valence electrons. The minimum Gasteiger partial charge on any atom is -0.389 e. The van der Waals surface area contributed by atoms with Gasteiger partial charge in [-0.15, -0.1) is 0 Å². The number of aliphatic hydroxyl groups is 1. The molecule has 1 N–H and O–H groups in total. The Kier molecular flexibility index (Phi) is 1.91. The minimum atomic E-state index is -0.456. The maximum absolute atomic E-state index is 10.1. The zero-order valence-corrected chi connectivity index (χ0v) is 9.11. The highest BCUT2D eigenvalue weighted by atomic mass is 16.3. The molecule has 2 atom stereocenters. The molecule has 0 amide bonds. The Hall–Kier alpha value is -0.860. The van der Waals surface area contributed by atoms with Gasteiger partial charge in [0.2, 0.25) is 0 Å². The largest absolute Gasteiger partial charge is 0.389 e. The molecule has 15 heavy (non-hydrogen) atoms. The first kappa shape index (κ1) is 9.37. The Labute approximate surface area is 90.5 Å². The van der Waals surface area contributed by atoms with Gasteiger partial charge in [-0.1, -0.05) is 24.3 Å². The Balaban J connectivity index is 1.79. The first-order chi connectivity index (χ1) is 7.17. The van der Waals surface area contributed by atoms with E-state index in [9.17, 15) is 5.11 Å². The Bertz CT molecular complexity index is 361. The van der Waals surface area contributed by atoms with Crippen LogP contribution in [0, 0.1) is 0 Å². The van der Waals surface area contributed by atoms with Crippen LogP contribution in [0.4, 0.5) is 0 Å². The monoisotopic (exact) mass is 203 g/mol. The van der Waals surface area contributed by atoms with Gasteiger partial charge >= 0.3 is 0 Å². The molecule has 0 aromatic heterocycles. The van der Waals surface area contributed by atoms with E-state index in [1.54, 1.807) is 0 Å². The van der Waals surface area contributed by atoms with E-state index in [1.807, 2.05) is 6.92 Å². The van der Waals surface area contributed by atoms with Gasteiger partial charge in [0.05, 0.1) is 5.60 Å². The van der Waals surface area contributed by atoms with Crippen molar-refractivity contribution < 1.29 is 5.11 Å². The van der Waals surface area contributed by atoms with Crippen LogP contribution in [0.3, 0.4) is 0 Å². The molecule has 1 aromatic rings. The van der Waals surface area contributed by atoms with E-state index in [1.165, 1.54) is 11.1 Å². The lowest BCUT2D eigenvalue weighted by Gasteiger charge is -2.47. The van der Waals surface area contributed by atoms with Crippen molar-refractivity contribution in [2.24, 2.45) is 0 Å². The summed E-state index contributed by atoms with van der Waals surface area (Å²) in [5.74, 6) is 0. The third kappa shape index (κ3) is 1.40. The van der Waals surface area contributed by atoms with Gasteiger partial charge in [0.15, 0.2) is 0 Å². The van der Waals surface area contributed by atoms with Crippen molar-refractivity contribution in [1.29, 1.82) is 0 Å². The van der Waals surface area contributed by atoms with Crippen LogP contribution in [0.1, 0.15) is 30.9 Å². The maximum atomic E-state index is 10.1. The van der Waals surface area contributed by atoms with Crippen LogP contribution in [-0.2, 0) is 13.1 Å². The first-order valence-electron chi connectivity index (χ1n) is 5.70. The number of benzene rings is 1. The van der Waals surface area contributed by atoms with E-state index in [0.29, 0.717) is 6.04 Å². The standard InChI is InChI=1S/C13H17NO/c1-13(15)7-6-12(13)14-8-10-4-2-3-5-11(10)9-14/h2-5,12,15H,6-9H2,1H3/t12-,13-/m0/s1. The Morgan fingerprint density at radius 1 is 1.27 bits per heavy atom. The van der Waals surface area contributed by atoms with E-state index in [-0.39, 0.29) is 0 Å². The van der Waals surface area contributed by atoms with Gasteiger partial charge < -0.3 is 5.11 Å². The summed E-state index contributed by atoms with van der Waals surface area (Å²) in [6.07, 6.45) is 2.09. The van der Waals surface area contributed by atoms with Crippen LogP contribution >= 0.6 is 0 Å². The van der Waals surface area contributed by atoms with Crippen molar-refractivity contribution in [3.63, 3.8) is 0 Å². The third-order valence-corrected chi connectivity index (χ3v) is 3.95. The number of rotatable bonds is 1. The second kappa shape index (κ2) is 3.06. The maximum Gasteiger partial charge on any atom is 0.0775 e. The second-order valence-electron chi connectivity index (χ2n) is 5.09. The molecule has 1 saturated carbocycles. The molecule has 1 aliphatic carbocycles. The predicted octanol–water partition coefficient (Wildman–Crippen LogP) is 1.92. The third-order valence-electron chi connectivity index (χ3n) is 3.95. The normalized spacial score (nSPS) is 34.9. The average Bonchev–Trinajstić information content (AvgIpc) is 2.58. The fraction of sp³-hybridized carbons (Fsp3) is 0.538. The lowest BCUT2D eigenvalue weighted by molar-refractivity contribution is -0.105. The topological polar surface area (TPSA) is 23.5 Å². The van der Waals surface area contributed by atoms with E-state index in [0.717, 1.165) is 25.9 Å². The summed E-state index contributed by atoms with van der Waals surface area (Å²) in [6.45, 7) is 3.98. The Morgan fingerprint density at radius 3 is 2.27 bits per heavy atom. The molecule has 3 rings (SSSR count). The van der Waals surface area contributed by atoms with Crippen molar-refractivity contribution in [3.8, 4) is 0 Å². The van der Waals surface area contributed by atoms with Crippen molar-refractivity contribution in [2.75, 3.05) is 0 Å². The van der Waals surface area contributed by atoms with Crippen LogP contribution in [0.25, 0.3) is 0 Å². The lowest BCUT2D eigenvalue weighted by atomic mass is 9.75. The smallest absolute Gasteiger partial charge is 0.0775 e. The molecule has 0 unspecified atom stereocenters. The molecule has 0 spiro atoms. The molecule has 0 bridgehead atoms. The SMILES string of the molecule is C[C@]1(O)CC[C@@H]1N1Cc2ccccc2C1. The van der Waals surface area contributed by atoms with Crippen LogP contribution in [0.2, 0.25) is 0 Å². The molecule has 2 nitrogen and oxygen atoms in total. The molecule has 1 heterocycles. The van der Waals surface area contributed by atoms with Crippen molar-refractivity contribution in [3.05, 3.63) is 35.4 Å². The van der Waals surface area contributed by atoms with E-state index >= 15 is 0 Å². The fourth-order valence-electron chi connectivity index (χ4n) is 2.85. The van der Waals surface area contributed by atoms with Crippen LogP contribution in [-0.4, -0.2) is 21.6 Å². The second-order valence-corrected chi connectivity index (χ2v) is 5.09. The summed E-state index contributed by atoms with van der Waals surface area (Å²) in [5, 5.41) is 10.1. The molecule has 0 radical (unpaired) electrons. The molecule has 2 aliphatic rings. The first-order valence-corrected chi connectivity index (χ1v) is 5.70. The van der Waals surface area contributed by atoms with Gasteiger partial charge in [-0.2, -0.15) is 0 Å². The molecule has 2 heteroatoms. The van der Waals surface area contributed by atoms with Crippen molar-refractivity contribution in [2.45, 2.75) is 44.5 Å². The number of nitrogens with zero attached hydrogens (tertiary/aromatic N) is 1. The summed E-state index contributed by atoms with van der Waals surface area (Å²) in [4.78, 5) is 2.41. The van der Waals surface area contributed by atoms with Gasteiger partial charge in [0, 0.05) is 19.1 Å². The van der Waals surface area contributed by atoms with Crippen molar-refractivity contribution in [1.82, 2.24) is 4.90 Å². The van der Waals surface area contributed by atoms with E-state index in [2.05, 4.69) is 29.2 Å². The molecule has 0 saturated heterocycles. The van der Waals surface area contributed by atoms with Crippen molar-refractivity contribution >= 4 is 0 Å². The van der Waals surface area contributed by atoms with Crippen LogP contribution in [0.5, 0.6) is 0 Å². The number of fused-ring (bicyclic) bond motifs is 1. The molecular formula is C13H17NO. The zero-order valence-electron chi connectivity index (χ0n) is 9.11. The minimum absolute atomic E-state index is 0.366. The summed E-state index contributed by atoms with van der Waals surface area (Å²) >= 11 is 0. The summed E-state index contributed by atoms with van der Waals surface area (Å²) in [6, 6.07) is 8.96. The fourth-order valence-corrected chi connectivity index (χ4v) is 2.85. The Morgan fingerprint density at radius 2 is 1.87 bits per heavy atom. The average molecular weight is 203 g/mol. The highest BCUT2D eigenvalue weighted by molar-refractivity contribution is 5.31. The molecule has 1 fully saturated rings. The highest BCUT2D eigenvalue weighted by Crippen LogP contribution is 2.39.